The Kier molecular flexibility index (Phi) is 7.82. The van der Waals surface area contributed by atoms with E-state index in [2.05, 4.69) is 25.9 Å². The molecule has 1 amide bonds. The number of rotatable bonds is 9. The molecule has 16 heteroatoms. The minimum absolute atomic E-state index is 0.189. The summed E-state index contributed by atoms with van der Waals surface area (Å²) < 4.78 is 84.9. The second-order valence-corrected chi connectivity index (χ2v) is 7.79. The van der Waals surface area contributed by atoms with E-state index in [1.54, 1.807) is 20.8 Å². The number of nitrogens with zero attached hydrogens (tertiary/aromatic N) is 6. The van der Waals surface area contributed by atoms with Crippen LogP contribution in [0.2, 0.25) is 0 Å². The smallest absolute Gasteiger partial charge is 0.374 e. The number of anilines is 1. The summed E-state index contributed by atoms with van der Waals surface area (Å²) in [7, 11) is 0. The van der Waals surface area contributed by atoms with Crippen LogP contribution in [0.5, 0.6) is 0 Å². The van der Waals surface area contributed by atoms with Crippen molar-refractivity contribution in [3.63, 3.8) is 0 Å². The second-order valence-electron chi connectivity index (χ2n) is 7.79. The molecule has 3 N–H and O–H groups in total. The van der Waals surface area contributed by atoms with Gasteiger partial charge in [0, 0.05) is 6.42 Å². The Bertz CT molecular complexity index is 907. The molecule has 180 valence electrons. The van der Waals surface area contributed by atoms with Crippen LogP contribution in [0.1, 0.15) is 39.1 Å². The lowest BCUT2D eigenvalue weighted by Crippen LogP contribution is -2.41. The Morgan fingerprint density at radius 3 is 2.50 bits per heavy atom. The van der Waals surface area contributed by atoms with Crippen LogP contribution in [0.3, 0.4) is 0 Å². The number of halogens is 6. The molecule has 10 nitrogen and oxygen atoms in total. The number of hydrogen-bond donors (Lipinski definition) is 2. The lowest BCUT2D eigenvalue weighted by Gasteiger charge is -2.21. The lowest BCUT2D eigenvalue weighted by atomic mass is 10.2. The highest BCUT2D eigenvalue weighted by Crippen LogP contribution is 2.27. The standard InChI is InChI=1S/C16H22F6N8O2/c1-15(2,3)32-6-8(23)14(31)24-9-5-29(26-12(9)19)10(4-11(17)18)13-25-27-28-30(13)7-16(20,21)22/h5,8,10-11H,4,6-7,23H2,1-3H3,(H,24,31)/t8-,10?/m0/s1. The number of ether oxygens (including phenoxy) is 1. The van der Waals surface area contributed by atoms with Crippen LogP contribution in [0.4, 0.5) is 32.0 Å². The first kappa shape index (κ1) is 25.5. The van der Waals surface area contributed by atoms with E-state index in [0.29, 0.717) is 4.68 Å². The third kappa shape index (κ3) is 7.44. The minimum atomic E-state index is -4.74. The molecule has 1 unspecified atom stereocenters. The Balaban J connectivity index is 2.25. The highest BCUT2D eigenvalue weighted by molar-refractivity contribution is 5.94. The van der Waals surface area contributed by atoms with Crippen molar-refractivity contribution >= 4 is 11.6 Å². The molecule has 0 aliphatic rings. The third-order valence-electron chi connectivity index (χ3n) is 3.88. The summed E-state index contributed by atoms with van der Waals surface area (Å²) in [6.45, 7) is 3.36. The van der Waals surface area contributed by atoms with Gasteiger partial charge in [-0.2, -0.15) is 17.6 Å². The molecule has 2 aromatic heterocycles. The fourth-order valence-electron chi connectivity index (χ4n) is 2.49. The maximum absolute atomic E-state index is 14.3. The molecule has 0 spiro atoms. The molecule has 2 aromatic rings. The van der Waals surface area contributed by atoms with Crippen LogP contribution in [-0.2, 0) is 16.1 Å². The largest absolute Gasteiger partial charge is 0.408 e. The van der Waals surface area contributed by atoms with Gasteiger partial charge in [0.15, 0.2) is 5.82 Å². The summed E-state index contributed by atoms with van der Waals surface area (Å²) in [4.78, 5) is 12.2. The zero-order valence-electron chi connectivity index (χ0n) is 17.3. The highest BCUT2D eigenvalue weighted by atomic mass is 19.4. The molecule has 2 rings (SSSR count). The summed E-state index contributed by atoms with van der Waals surface area (Å²) in [5, 5.41) is 15.1. The van der Waals surface area contributed by atoms with E-state index in [1.807, 2.05) is 0 Å². The molecular formula is C16H22F6N8O2. The molecule has 0 aliphatic heterocycles. The zero-order chi connectivity index (χ0) is 24.3. The van der Waals surface area contributed by atoms with Gasteiger partial charge >= 0.3 is 6.18 Å². The first-order valence-electron chi connectivity index (χ1n) is 9.22. The van der Waals surface area contributed by atoms with Crippen molar-refractivity contribution in [1.82, 2.24) is 30.0 Å². The number of carbonyl (C=O) groups is 1. The number of amides is 1. The van der Waals surface area contributed by atoms with Crippen LogP contribution in [0.25, 0.3) is 0 Å². The van der Waals surface area contributed by atoms with Crippen LogP contribution >= 0.6 is 0 Å². The van der Waals surface area contributed by atoms with E-state index in [-0.39, 0.29) is 11.3 Å². The average molecular weight is 472 g/mol. The monoisotopic (exact) mass is 472 g/mol. The van der Waals surface area contributed by atoms with Gasteiger partial charge in [-0.25, -0.2) is 13.5 Å². The topological polar surface area (TPSA) is 126 Å². The maximum atomic E-state index is 14.3. The van der Waals surface area contributed by atoms with E-state index in [0.717, 1.165) is 6.20 Å². The number of tetrazole rings is 1. The molecule has 0 radical (unpaired) electrons. The number of carbonyl (C=O) groups excluding carboxylic acids is 1. The van der Waals surface area contributed by atoms with Crippen LogP contribution < -0.4 is 11.1 Å². The summed E-state index contributed by atoms with van der Waals surface area (Å²) in [5.41, 5.74) is 4.58. The van der Waals surface area contributed by atoms with Crippen molar-refractivity contribution < 1.29 is 35.9 Å². The van der Waals surface area contributed by atoms with Gasteiger partial charge in [-0.15, -0.1) is 10.2 Å². The van der Waals surface area contributed by atoms with E-state index >= 15 is 0 Å². The number of hydrogen-bond acceptors (Lipinski definition) is 7. The lowest BCUT2D eigenvalue weighted by molar-refractivity contribution is -0.143. The Morgan fingerprint density at radius 2 is 1.94 bits per heavy atom. The minimum Gasteiger partial charge on any atom is -0.374 e. The number of aromatic nitrogens is 6. The summed E-state index contributed by atoms with van der Waals surface area (Å²) in [6, 6.07) is -2.83. The van der Waals surface area contributed by atoms with Gasteiger partial charge in [-0.05, 0) is 31.2 Å². The van der Waals surface area contributed by atoms with Gasteiger partial charge in [-0.3, -0.25) is 9.48 Å². The average Bonchev–Trinajstić information content (AvgIpc) is 3.22. The Hall–Kier alpha value is -2.75. The molecule has 0 fully saturated rings. The number of nitrogens with one attached hydrogen (secondary N) is 1. The van der Waals surface area contributed by atoms with Gasteiger partial charge in [0.2, 0.25) is 12.3 Å². The van der Waals surface area contributed by atoms with Crippen molar-refractivity contribution in [3.8, 4) is 0 Å². The van der Waals surface area contributed by atoms with Crippen molar-refractivity contribution in [1.29, 1.82) is 0 Å². The first-order valence-corrected chi connectivity index (χ1v) is 9.22. The van der Waals surface area contributed by atoms with E-state index in [4.69, 9.17) is 10.5 Å². The fourth-order valence-corrected chi connectivity index (χ4v) is 2.49. The van der Waals surface area contributed by atoms with Gasteiger partial charge in [0.25, 0.3) is 5.95 Å². The van der Waals surface area contributed by atoms with Gasteiger partial charge in [-0.1, -0.05) is 0 Å². The molecule has 0 bridgehead atoms. The maximum Gasteiger partial charge on any atom is 0.408 e. The van der Waals surface area contributed by atoms with Crippen LogP contribution in [-0.4, -0.2) is 66.7 Å². The van der Waals surface area contributed by atoms with Gasteiger partial charge in [0.1, 0.15) is 24.3 Å². The summed E-state index contributed by atoms with van der Waals surface area (Å²) in [6.07, 6.45) is -7.97. The zero-order valence-corrected chi connectivity index (χ0v) is 17.3. The van der Waals surface area contributed by atoms with Crippen LogP contribution in [0, 0.1) is 5.95 Å². The molecule has 0 saturated heterocycles. The molecule has 2 heterocycles. The molecule has 0 aliphatic carbocycles. The first-order chi connectivity index (χ1) is 14.7. The van der Waals surface area contributed by atoms with E-state index in [1.165, 1.54) is 0 Å². The van der Waals surface area contributed by atoms with E-state index < -0.39 is 66.6 Å². The van der Waals surface area contributed by atoms with Crippen molar-refractivity contribution in [3.05, 3.63) is 18.0 Å². The molecule has 32 heavy (non-hydrogen) atoms. The van der Waals surface area contributed by atoms with Crippen molar-refractivity contribution in [2.75, 3.05) is 11.9 Å². The number of nitrogens with two attached hydrogens (primary N) is 1. The predicted octanol–water partition coefficient (Wildman–Crippen LogP) is 1.90. The normalized spacial score (nSPS) is 14.6. The molecular weight excluding hydrogens is 450 g/mol. The highest BCUT2D eigenvalue weighted by Gasteiger charge is 2.34. The SMILES string of the molecule is CC(C)(C)OC[C@H](N)C(=O)Nc1cn(C(CC(F)F)c2nnnn2CC(F)(F)F)nc1F. The van der Waals surface area contributed by atoms with Gasteiger partial charge < -0.3 is 15.8 Å². The van der Waals surface area contributed by atoms with Gasteiger partial charge in [0.05, 0.1) is 18.4 Å². The van der Waals surface area contributed by atoms with Crippen LogP contribution in [0.15, 0.2) is 6.20 Å². The third-order valence-corrected chi connectivity index (χ3v) is 3.88. The Morgan fingerprint density at radius 1 is 1.28 bits per heavy atom. The molecule has 0 saturated carbocycles. The van der Waals surface area contributed by atoms with E-state index in [9.17, 15) is 31.1 Å². The fraction of sp³-hybridized carbons (Fsp3) is 0.688. The van der Waals surface area contributed by atoms with Crippen molar-refractivity contribution in [2.24, 2.45) is 5.73 Å². The molecule has 0 aromatic carbocycles. The second kappa shape index (κ2) is 9.81. The Labute approximate surface area is 178 Å². The predicted molar refractivity (Wildman–Crippen MR) is 97.1 cm³/mol. The number of alkyl halides is 5. The molecule has 2 atom stereocenters. The summed E-state index contributed by atoms with van der Waals surface area (Å²) >= 11 is 0. The van der Waals surface area contributed by atoms with Crippen molar-refractivity contribution in [2.45, 2.75) is 64.0 Å². The summed E-state index contributed by atoms with van der Waals surface area (Å²) in [5.74, 6) is -2.73. The quantitative estimate of drug-likeness (QED) is 0.534.